The average Bonchev–Trinajstić information content (AvgIpc) is 2.83. The molecule has 2 unspecified atom stereocenters. The molecule has 0 aliphatic heterocycles. The van der Waals surface area contributed by atoms with Crippen molar-refractivity contribution in [2.75, 3.05) is 13.7 Å². The Kier molecular flexibility index (Phi) is 5.49. The summed E-state index contributed by atoms with van der Waals surface area (Å²) in [6.45, 7) is 7.01. The summed E-state index contributed by atoms with van der Waals surface area (Å²) in [6, 6.07) is 1.86. The molecule has 0 aromatic rings. The number of nitrogens with zero attached hydrogens (tertiary/aromatic N) is 1. The van der Waals surface area contributed by atoms with E-state index < -0.39 is 0 Å². The van der Waals surface area contributed by atoms with Gasteiger partial charge in [-0.15, -0.1) is 0 Å². The van der Waals surface area contributed by atoms with Gasteiger partial charge in [-0.1, -0.05) is 20.8 Å². The number of hydrogen-bond acceptors (Lipinski definition) is 3. The highest BCUT2D eigenvalue weighted by molar-refractivity contribution is 5.00. The highest BCUT2D eigenvalue weighted by Crippen LogP contribution is 2.36. The molecule has 2 aliphatic carbocycles. The van der Waals surface area contributed by atoms with Gasteiger partial charge in [0.15, 0.2) is 0 Å². The van der Waals surface area contributed by atoms with Crippen LogP contribution in [-0.2, 0) is 0 Å². The third-order valence-electron chi connectivity index (χ3n) is 5.62. The average molecular weight is 282 g/mol. The molecule has 2 atom stereocenters. The maximum absolute atomic E-state index is 9.83. The van der Waals surface area contributed by atoms with E-state index in [1.54, 1.807) is 0 Å². The van der Waals surface area contributed by atoms with E-state index in [9.17, 15) is 5.11 Å². The summed E-state index contributed by atoms with van der Waals surface area (Å²) in [4.78, 5) is 2.63. The molecule has 0 aromatic heterocycles. The van der Waals surface area contributed by atoms with E-state index in [2.05, 4.69) is 38.0 Å². The van der Waals surface area contributed by atoms with Crippen molar-refractivity contribution in [1.29, 1.82) is 0 Å². The SMILES string of the molecule is CC1CCC(N(C)C2CCC(CO)(NC(C)C)C2)CC1. The Hall–Kier alpha value is -0.120. The molecule has 0 radical (unpaired) electrons. The Morgan fingerprint density at radius 2 is 1.80 bits per heavy atom. The minimum absolute atomic E-state index is 0.0327. The van der Waals surface area contributed by atoms with Gasteiger partial charge in [0.1, 0.15) is 0 Å². The van der Waals surface area contributed by atoms with Crippen molar-refractivity contribution >= 4 is 0 Å². The van der Waals surface area contributed by atoms with Crippen LogP contribution < -0.4 is 5.32 Å². The van der Waals surface area contributed by atoms with E-state index in [1.165, 1.54) is 32.1 Å². The maximum Gasteiger partial charge on any atom is 0.0614 e. The van der Waals surface area contributed by atoms with E-state index >= 15 is 0 Å². The predicted molar refractivity (Wildman–Crippen MR) is 84.9 cm³/mol. The quantitative estimate of drug-likeness (QED) is 0.814. The normalized spacial score (nSPS) is 38.9. The molecule has 0 aromatic carbocycles. The lowest BCUT2D eigenvalue weighted by atomic mass is 9.86. The molecular weight excluding hydrogens is 248 g/mol. The Labute approximate surface area is 125 Å². The predicted octanol–water partition coefficient (Wildman–Crippen LogP) is 2.78. The minimum atomic E-state index is -0.0327. The molecule has 0 saturated heterocycles. The van der Waals surface area contributed by atoms with Crippen LogP contribution in [0.1, 0.15) is 65.7 Å². The van der Waals surface area contributed by atoms with Crippen LogP contribution in [0.4, 0.5) is 0 Å². The first kappa shape index (κ1) is 16.3. The Bertz CT molecular complexity index is 299. The molecule has 2 N–H and O–H groups in total. The smallest absolute Gasteiger partial charge is 0.0614 e. The number of hydrogen-bond donors (Lipinski definition) is 2. The van der Waals surface area contributed by atoms with Crippen molar-refractivity contribution < 1.29 is 5.11 Å². The van der Waals surface area contributed by atoms with Gasteiger partial charge in [-0.25, -0.2) is 0 Å². The first-order valence-corrected chi connectivity index (χ1v) is 8.56. The zero-order chi connectivity index (χ0) is 14.8. The lowest BCUT2D eigenvalue weighted by Crippen LogP contribution is -2.51. The monoisotopic (exact) mass is 282 g/mol. The molecule has 2 saturated carbocycles. The fourth-order valence-corrected chi connectivity index (χ4v) is 4.33. The Balaban J connectivity index is 1.90. The number of aliphatic hydroxyl groups is 1. The lowest BCUT2D eigenvalue weighted by Gasteiger charge is -2.38. The van der Waals surface area contributed by atoms with Crippen LogP contribution in [0.3, 0.4) is 0 Å². The highest BCUT2D eigenvalue weighted by atomic mass is 16.3. The Morgan fingerprint density at radius 3 is 2.35 bits per heavy atom. The van der Waals surface area contributed by atoms with E-state index in [-0.39, 0.29) is 12.1 Å². The fourth-order valence-electron chi connectivity index (χ4n) is 4.33. The molecule has 20 heavy (non-hydrogen) atoms. The highest BCUT2D eigenvalue weighted by Gasteiger charge is 2.41. The molecule has 0 bridgehead atoms. The topological polar surface area (TPSA) is 35.5 Å². The summed E-state index contributed by atoms with van der Waals surface area (Å²) < 4.78 is 0. The molecule has 0 spiro atoms. The summed E-state index contributed by atoms with van der Waals surface area (Å²) >= 11 is 0. The maximum atomic E-state index is 9.83. The first-order chi connectivity index (χ1) is 9.46. The largest absolute Gasteiger partial charge is 0.394 e. The summed E-state index contributed by atoms with van der Waals surface area (Å²) in [7, 11) is 2.31. The number of aliphatic hydroxyl groups excluding tert-OH is 1. The molecule has 2 aliphatic rings. The van der Waals surface area contributed by atoms with Gasteiger partial charge in [-0.05, 0) is 57.9 Å². The second kappa shape index (κ2) is 6.76. The van der Waals surface area contributed by atoms with Gasteiger partial charge in [0.25, 0.3) is 0 Å². The van der Waals surface area contributed by atoms with E-state index in [4.69, 9.17) is 0 Å². The molecule has 2 fully saturated rings. The van der Waals surface area contributed by atoms with Crippen LogP contribution in [0, 0.1) is 5.92 Å². The summed E-state index contributed by atoms with van der Waals surface area (Å²) in [5.41, 5.74) is -0.0327. The van der Waals surface area contributed by atoms with E-state index in [1.807, 2.05) is 0 Å². The molecule has 3 heteroatoms. The van der Waals surface area contributed by atoms with Gasteiger partial charge in [0.05, 0.1) is 6.61 Å². The van der Waals surface area contributed by atoms with Crippen LogP contribution in [-0.4, -0.2) is 47.3 Å². The zero-order valence-electron chi connectivity index (χ0n) is 13.9. The summed E-state index contributed by atoms with van der Waals surface area (Å²) in [5, 5.41) is 13.5. The van der Waals surface area contributed by atoms with Crippen LogP contribution in [0.5, 0.6) is 0 Å². The molecule has 2 rings (SSSR count). The number of rotatable bonds is 5. The molecule has 3 nitrogen and oxygen atoms in total. The van der Waals surface area contributed by atoms with Gasteiger partial charge < -0.3 is 15.3 Å². The first-order valence-electron chi connectivity index (χ1n) is 8.56. The van der Waals surface area contributed by atoms with Crippen molar-refractivity contribution in [1.82, 2.24) is 10.2 Å². The molecule has 0 heterocycles. The van der Waals surface area contributed by atoms with E-state index in [0.717, 1.165) is 24.8 Å². The minimum Gasteiger partial charge on any atom is -0.394 e. The van der Waals surface area contributed by atoms with Crippen LogP contribution in [0.2, 0.25) is 0 Å². The second-order valence-electron chi connectivity index (χ2n) is 7.71. The van der Waals surface area contributed by atoms with Gasteiger partial charge in [0.2, 0.25) is 0 Å². The standard InChI is InChI=1S/C17H34N2O/c1-13(2)18-17(12-20)10-9-16(11-17)19(4)15-7-5-14(3)6-8-15/h13-16,18,20H,5-12H2,1-4H3. The molecule has 0 amide bonds. The van der Waals surface area contributed by atoms with Gasteiger partial charge in [-0.3, -0.25) is 0 Å². The lowest BCUT2D eigenvalue weighted by molar-refractivity contribution is 0.106. The Morgan fingerprint density at radius 1 is 1.15 bits per heavy atom. The summed E-state index contributed by atoms with van der Waals surface area (Å²) in [6.07, 6.45) is 8.93. The van der Waals surface area contributed by atoms with Crippen LogP contribution >= 0.6 is 0 Å². The van der Waals surface area contributed by atoms with Crippen molar-refractivity contribution in [2.24, 2.45) is 5.92 Å². The molecule has 118 valence electrons. The summed E-state index contributed by atoms with van der Waals surface area (Å²) in [5.74, 6) is 0.919. The van der Waals surface area contributed by atoms with Crippen LogP contribution in [0.15, 0.2) is 0 Å². The van der Waals surface area contributed by atoms with Gasteiger partial charge >= 0.3 is 0 Å². The fraction of sp³-hybridized carbons (Fsp3) is 1.00. The number of nitrogens with one attached hydrogen (secondary N) is 1. The zero-order valence-corrected chi connectivity index (χ0v) is 13.9. The molecular formula is C17H34N2O. The van der Waals surface area contributed by atoms with Crippen molar-refractivity contribution in [3.05, 3.63) is 0 Å². The van der Waals surface area contributed by atoms with Gasteiger partial charge in [0, 0.05) is 23.7 Å². The van der Waals surface area contributed by atoms with Gasteiger partial charge in [-0.2, -0.15) is 0 Å². The second-order valence-corrected chi connectivity index (χ2v) is 7.71. The van der Waals surface area contributed by atoms with Crippen LogP contribution in [0.25, 0.3) is 0 Å². The van der Waals surface area contributed by atoms with Crippen molar-refractivity contribution in [3.63, 3.8) is 0 Å². The van der Waals surface area contributed by atoms with Crippen molar-refractivity contribution in [3.8, 4) is 0 Å². The van der Waals surface area contributed by atoms with Crippen molar-refractivity contribution in [2.45, 2.75) is 89.4 Å². The third-order valence-corrected chi connectivity index (χ3v) is 5.62. The van der Waals surface area contributed by atoms with E-state index in [0.29, 0.717) is 12.1 Å². The third kappa shape index (κ3) is 3.75.